The van der Waals surface area contributed by atoms with Gasteiger partial charge in [-0.3, -0.25) is 4.90 Å². The molecule has 0 radical (unpaired) electrons. The van der Waals surface area contributed by atoms with Crippen molar-refractivity contribution in [2.24, 2.45) is 0 Å². The molecule has 1 aromatic rings. The molecule has 2 atom stereocenters. The fourth-order valence-corrected chi connectivity index (χ4v) is 4.30. The lowest BCUT2D eigenvalue weighted by Crippen LogP contribution is -2.48. The van der Waals surface area contributed by atoms with Crippen LogP contribution in [0.5, 0.6) is 0 Å². The number of rotatable bonds is 4. The van der Waals surface area contributed by atoms with E-state index in [1.807, 2.05) is 25.6 Å². The summed E-state index contributed by atoms with van der Waals surface area (Å²) in [5.74, 6) is 2.15. The second kappa shape index (κ2) is 6.92. The number of hydrogen-bond donors (Lipinski definition) is 1. The molecule has 0 saturated carbocycles. The van der Waals surface area contributed by atoms with Crippen LogP contribution in [-0.4, -0.2) is 42.6 Å². The summed E-state index contributed by atoms with van der Waals surface area (Å²) in [6.07, 6.45) is 0. The fourth-order valence-electron chi connectivity index (χ4n) is 3.03. The van der Waals surface area contributed by atoms with E-state index in [-0.39, 0.29) is 11.9 Å². The summed E-state index contributed by atoms with van der Waals surface area (Å²) in [4.78, 5) is 2.36. The molecule has 1 heterocycles. The summed E-state index contributed by atoms with van der Waals surface area (Å²) in [7, 11) is 2.15. The van der Waals surface area contributed by atoms with Gasteiger partial charge in [-0.2, -0.15) is 11.8 Å². The van der Waals surface area contributed by atoms with Crippen molar-refractivity contribution in [2.45, 2.75) is 32.9 Å². The van der Waals surface area contributed by atoms with Crippen molar-refractivity contribution in [3.05, 3.63) is 34.6 Å². The molecule has 0 amide bonds. The average Bonchev–Trinajstić information content (AvgIpc) is 2.37. The standard InChI is InChI=1S/C16H25FN2S/c1-5-18-16(14-10-20-7-6-19(14)4)15-12(3)8-11(2)9-13(15)17/h8-9,14,16,18H,5-7,10H2,1-4H3. The third-order valence-corrected chi connectivity index (χ3v) is 5.09. The van der Waals surface area contributed by atoms with E-state index < -0.39 is 0 Å². The van der Waals surface area contributed by atoms with E-state index in [0.29, 0.717) is 6.04 Å². The van der Waals surface area contributed by atoms with Crippen molar-refractivity contribution < 1.29 is 4.39 Å². The van der Waals surface area contributed by atoms with Gasteiger partial charge >= 0.3 is 0 Å². The Balaban J connectivity index is 2.37. The van der Waals surface area contributed by atoms with Gasteiger partial charge in [0, 0.05) is 29.7 Å². The molecule has 1 saturated heterocycles. The molecule has 1 N–H and O–H groups in total. The van der Waals surface area contributed by atoms with Crippen LogP contribution in [0.4, 0.5) is 4.39 Å². The predicted molar refractivity (Wildman–Crippen MR) is 86.0 cm³/mol. The van der Waals surface area contributed by atoms with Gasteiger partial charge in [0.15, 0.2) is 0 Å². The third kappa shape index (κ3) is 3.35. The first-order chi connectivity index (χ1) is 9.54. The Morgan fingerprint density at radius 1 is 1.45 bits per heavy atom. The van der Waals surface area contributed by atoms with E-state index >= 15 is 0 Å². The quantitative estimate of drug-likeness (QED) is 0.919. The maximum atomic E-state index is 14.5. The molecule has 2 rings (SSSR count). The van der Waals surface area contributed by atoms with Gasteiger partial charge in [0.2, 0.25) is 0 Å². The average molecular weight is 296 g/mol. The van der Waals surface area contributed by atoms with Crippen molar-refractivity contribution in [3.63, 3.8) is 0 Å². The lowest BCUT2D eigenvalue weighted by atomic mass is 9.93. The molecule has 0 bridgehead atoms. The molecule has 0 spiro atoms. The highest BCUT2D eigenvalue weighted by Gasteiger charge is 2.31. The summed E-state index contributed by atoms with van der Waals surface area (Å²) >= 11 is 1.97. The van der Waals surface area contributed by atoms with Gasteiger partial charge in [-0.05, 0) is 44.6 Å². The summed E-state index contributed by atoms with van der Waals surface area (Å²) in [6, 6.07) is 4.16. The van der Waals surface area contributed by atoms with Crippen LogP contribution in [-0.2, 0) is 0 Å². The first-order valence-electron chi connectivity index (χ1n) is 7.32. The number of nitrogens with one attached hydrogen (secondary N) is 1. The first-order valence-corrected chi connectivity index (χ1v) is 8.48. The van der Waals surface area contributed by atoms with Crippen LogP contribution in [0.15, 0.2) is 12.1 Å². The van der Waals surface area contributed by atoms with Crippen molar-refractivity contribution in [1.82, 2.24) is 10.2 Å². The van der Waals surface area contributed by atoms with Gasteiger partial charge in [-0.15, -0.1) is 0 Å². The van der Waals surface area contributed by atoms with E-state index in [2.05, 4.69) is 30.3 Å². The topological polar surface area (TPSA) is 15.3 Å². The molecule has 0 aliphatic carbocycles. The fraction of sp³-hybridized carbons (Fsp3) is 0.625. The van der Waals surface area contributed by atoms with Gasteiger partial charge in [0.05, 0.1) is 6.04 Å². The lowest BCUT2D eigenvalue weighted by Gasteiger charge is -2.39. The number of aryl methyl sites for hydroxylation is 2. The first kappa shape index (κ1) is 15.8. The Morgan fingerprint density at radius 2 is 2.20 bits per heavy atom. The highest BCUT2D eigenvalue weighted by atomic mass is 32.2. The highest BCUT2D eigenvalue weighted by Crippen LogP contribution is 2.31. The van der Waals surface area contributed by atoms with Crippen molar-refractivity contribution in [2.75, 3.05) is 31.6 Å². The predicted octanol–water partition coefficient (Wildman–Crippen LogP) is 3.14. The third-order valence-electron chi connectivity index (χ3n) is 4.04. The molecule has 1 aromatic carbocycles. The monoisotopic (exact) mass is 296 g/mol. The van der Waals surface area contributed by atoms with Crippen LogP contribution in [0.3, 0.4) is 0 Å². The minimum Gasteiger partial charge on any atom is -0.309 e. The molecular formula is C16H25FN2S. The van der Waals surface area contributed by atoms with Gasteiger partial charge in [0.25, 0.3) is 0 Å². The van der Waals surface area contributed by atoms with Crippen molar-refractivity contribution in [3.8, 4) is 0 Å². The normalized spacial score (nSPS) is 21.9. The molecule has 20 heavy (non-hydrogen) atoms. The molecule has 0 aromatic heterocycles. The van der Waals surface area contributed by atoms with Crippen molar-refractivity contribution >= 4 is 11.8 Å². The Morgan fingerprint density at radius 3 is 2.80 bits per heavy atom. The van der Waals surface area contributed by atoms with E-state index in [4.69, 9.17) is 0 Å². The number of likely N-dealkylation sites (N-methyl/N-ethyl adjacent to an activating group) is 2. The summed E-state index contributed by atoms with van der Waals surface area (Å²) in [5.41, 5.74) is 2.89. The summed E-state index contributed by atoms with van der Waals surface area (Å²) in [6.45, 7) is 7.98. The van der Waals surface area contributed by atoms with E-state index in [0.717, 1.165) is 35.5 Å². The number of benzene rings is 1. The van der Waals surface area contributed by atoms with E-state index in [1.54, 1.807) is 6.07 Å². The van der Waals surface area contributed by atoms with Crippen LogP contribution in [0.1, 0.15) is 29.7 Å². The van der Waals surface area contributed by atoms with Crippen molar-refractivity contribution in [1.29, 1.82) is 0 Å². The van der Waals surface area contributed by atoms with Crippen LogP contribution >= 0.6 is 11.8 Å². The molecule has 2 unspecified atom stereocenters. The number of hydrogen-bond acceptors (Lipinski definition) is 3. The number of nitrogens with zero attached hydrogens (tertiary/aromatic N) is 1. The van der Waals surface area contributed by atoms with Crippen LogP contribution in [0.25, 0.3) is 0 Å². The molecule has 1 aliphatic heterocycles. The smallest absolute Gasteiger partial charge is 0.128 e. The van der Waals surface area contributed by atoms with Gasteiger partial charge in [-0.25, -0.2) is 4.39 Å². The van der Waals surface area contributed by atoms with Gasteiger partial charge in [-0.1, -0.05) is 13.0 Å². The highest BCUT2D eigenvalue weighted by molar-refractivity contribution is 7.99. The second-order valence-corrected chi connectivity index (χ2v) is 6.79. The van der Waals surface area contributed by atoms with Crippen LogP contribution in [0, 0.1) is 19.7 Å². The zero-order chi connectivity index (χ0) is 14.7. The minimum absolute atomic E-state index is 0.0680. The SMILES string of the molecule is CCNC(c1c(C)cc(C)cc1F)C1CSCCN1C. The Bertz CT molecular complexity index is 441. The van der Waals surface area contributed by atoms with Crippen LogP contribution in [0.2, 0.25) is 0 Å². The maximum absolute atomic E-state index is 14.5. The molecule has 2 nitrogen and oxygen atoms in total. The molecule has 1 fully saturated rings. The largest absolute Gasteiger partial charge is 0.309 e. The van der Waals surface area contributed by atoms with E-state index in [1.165, 1.54) is 5.75 Å². The Kier molecular flexibility index (Phi) is 5.47. The van der Waals surface area contributed by atoms with Crippen LogP contribution < -0.4 is 5.32 Å². The zero-order valence-electron chi connectivity index (χ0n) is 12.9. The lowest BCUT2D eigenvalue weighted by molar-refractivity contribution is 0.214. The Labute approximate surface area is 126 Å². The molecule has 112 valence electrons. The number of thioether (sulfide) groups is 1. The van der Waals surface area contributed by atoms with Gasteiger partial charge in [0.1, 0.15) is 5.82 Å². The maximum Gasteiger partial charge on any atom is 0.128 e. The second-order valence-electron chi connectivity index (χ2n) is 5.64. The van der Waals surface area contributed by atoms with Gasteiger partial charge < -0.3 is 5.32 Å². The number of halogens is 1. The molecular weight excluding hydrogens is 271 g/mol. The molecule has 4 heteroatoms. The molecule has 1 aliphatic rings. The zero-order valence-corrected chi connectivity index (χ0v) is 13.7. The minimum atomic E-state index is -0.0718. The van der Waals surface area contributed by atoms with E-state index in [9.17, 15) is 4.39 Å². The Hall–Kier alpha value is -0.580. The summed E-state index contributed by atoms with van der Waals surface area (Å²) < 4.78 is 14.5. The summed E-state index contributed by atoms with van der Waals surface area (Å²) in [5, 5.41) is 3.51.